The van der Waals surface area contributed by atoms with E-state index in [9.17, 15) is 0 Å². The highest BCUT2D eigenvalue weighted by Crippen LogP contribution is 2.28. The van der Waals surface area contributed by atoms with Crippen molar-refractivity contribution >= 4 is 23.7 Å². The summed E-state index contributed by atoms with van der Waals surface area (Å²) in [7, 11) is 0. The van der Waals surface area contributed by atoms with Gasteiger partial charge in [-0.15, -0.1) is 23.7 Å². The third-order valence-electron chi connectivity index (χ3n) is 4.26. The van der Waals surface area contributed by atoms with E-state index < -0.39 is 0 Å². The van der Waals surface area contributed by atoms with Gasteiger partial charge in [-0.25, -0.2) is 4.98 Å². The molecule has 3 aromatic rings. The SMILES string of the molecule is Cl.c1cncc(C2CNCCN2Cc2cnc(-c3ccncc3)s2)c1. The molecule has 4 heterocycles. The van der Waals surface area contributed by atoms with Crippen LogP contribution in [0.1, 0.15) is 16.5 Å². The first-order valence-corrected chi connectivity index (χ1v) is 8.91. The molecule has 0 aliphatic carbocycles. The largest absolute Gasteiger partial charge is 0.314 e. The molecule has 1 aliphatic heterocycles. The van der Waals surface area contributed by atoms with Crippen LogP contribution >= 0.6 is 23.7 Å². The summed E-state index contributed by atoms with van der Waals surface area (Å²) in [4.78, 5) is 16.7. The molecule has 0 aromatic carbocycles. The van der Waals surface area contributed by atoms with Gasteiger partial charge in [-0.2, -0.15) is 0 Å². The zero-order valence-corrected chi connectivity index (χ0v) is 15.3. The number of nitrogens with zero attached hydrogens (tertiary/aromatic N) is 4. The monoisotopic (exact) mass is 373 g/mol. The van der Waals surface area contributed by atoms with E-state index in [1.165, 1.54) is 10.4 Å². The van der Waals surface area contributed by atoms with Crippen molar-refractivity contribution in [3.8, 4) is 10.6 Å². The van der Waals surface area contributed by atoms with Crippen molar-refractivity contribution in [1.29, 1.82) is 0 Å². The lowest BCUT2D eigenvalue weighted by Gasteiger charge is -2.35. The molecule has 0 amide bonds. The fourth-order valence-electron chi connectivity index (χ4n) is 3.05. The van der Waals surface area contributed by atoms with Crippen LogP contribution in [-0.2, 0) is 6.54 Å². The predicted molar refractivity (Wildman–Crippen MR) is 103 cm³/mol. The van der Waals surface area contributed by atoms with E-state index in [1.807, 2.05) is 49.2 Å². The summed E-state index contributed by atoms with van der Waals surface area (Å²) in [5.41, 5.74) is 2.40. The van der Waals surface area contributed by atoms with Crippen LogP contribution in [-0.4, -0.2) is 39.5 Å². The Morgan fingerprint density at radius 3 is 2.80 bits per heavy atom. The summed E-state index contributed by atoms with van der Waals surface area (Å²) in [6.07, 6.45) is 9.42. The molecular formula is C18H20ClN5S. The summed E-state index contributed by atoms with van der Waals surface area (Å²) in [6.45, 7) is 3.93. The highest BCUT2D eigenvalue weighted by molar-refractivity contribution is 7.15. The molecule has 5 nitrogen and oxygen atoms in total. The zero-order chi connectivity index (χ0) is 16.2. The number of nitrogens with one attached hydrogen (secondary N) is 1. The van der Waals surface area contributed by atoms with Gasteiger partial charge in [0.05, 0.1) is 0 Å². The van der Waals surface area contributed by atoms with Crippen LogP contribution in [0.2, 0.25) is 0 Å². The molecule has 0 radical (unpaired) electrons. The average molecular weight is 374 g/mol. The first kappa shape index (κ1) is 17.9. The molecule has 1 fully saturated rings. The topological polar surface area (TPSA) is 53.9 Å². The molecule has 25 heavy (non-hydrogen) atoms. The Morgan fingerprint density at radius 2 is 2.00 bits per heavy atom. The maximum atomic E-state index is 4.59. The van der Waals surface area contributed by atoms with Crippen molar-refractivity contribution in [1.82, 2.24) is 25.2 Å². The van der Waals surface area contributed by atoms with Gasteiger partial charge in [-0.3, -0.25) is 14.9 Å². The van der Waals surface area contributed by atoms with Crippen molar-refractivity contribution in [3.05, 3.63) is 65.7 Å². The van der Waals surface area contributed by atoms with Crippen LogP contribution in [0.4, 0.5) is 0 Å². The summed E-state index contributed by atoms with van der Waals surface area (Å²) in [5, 5.41) is 4.55. The third kappa shape index (κ3) is 4.22. The second kappa shape index (κ2) is 8.49. The van der Waals surface area contributed by atoms with Crippen LogP contribution in [0.3, 0.4) is 0 Å². The smallest absolute Gasteiger partial charge is 0.123 e. The molecule has 0 saturated carbocycles. The first-order valence-electron chi connectivity index (χ1n) is 8.10. The Hall–Kier alpha value is -1.86. The fourth-order valence-corrected chi connectivity index (χ4v) is 3.99. The van der Waals surface area contributed by atoms with Gasteiger partial charge in [0.15, 0.2) is 0 Å². The number of hydrogen-bond donors (Lipinski definition) is 1. The van der Waals surface area contributed by atoms with Gasteiger partial charge in [-0.05, 0) is 23.8 Å². The lowest BCUT2D eigenvalue weighted by atomic mass is 10.1. The Bertz CT molecular complexity index is 780. The predicted octanol–water partition coefficient (Wildman–Crippen LogP) is 3.17. The fraction of sp³-hybridized carbons (Fsp3) is 0.278. The molecule has 7 heteroatoms. The Labute approximate surface area is 157 Å². The van der Waals surface area contributed by atoms with Crippen LogP contribution < -0.4 is 5.32 Å². The standard InChI is InChI=1S/C18H19N5S.ClH/c1-2-15(10-20-5-1)17-12-21-8-9-23(17)13-16-11-22-18(24-16)14-3-6-19-7-4-14;/h1-7,10-11,17,21H,8-9,12-13H2;1H. The Morgan fingerprint density at radius 1 is 1.12 bits per heavy atom. The lowest BCUT2D eigenvalue weighted by molar-refractivity contribution is 0.155. The number of halogens is 1. The molecule has 130 valence electrons. The van der Waals surface area contributed by atoms with E-state index >= 15 is 0 Å². The van der Waals surface area contributed by atoms with Gasteiger partial charge in [0, 0.05) is 73.6 Å². The minimum absolute atomic E-state index is 0. The minimum atomic E-state index is 0. The van der Waals surface area contributed by atoms with Crippen molar-refractivity contribution < 1.29 is 0 Å². The van der Waals surface area contributed by atoms with Crippen molar-refractivity contribution in [2.75, 3.05) is 19.6 Å². The quantitative estimate of drug-likeness (QED) is 0.761. The van der Waals surface area contributed by atoms with Gasteiger partial charge in [0.1, 0.15) is 5.01 Å². The van der Waals surface area contributed by atoms with Gasteiger partial charge in [-0.1, -0.05) is 6.07 Å². The molecule has 1 aliphatic rings. The van der Waals surface area contributed by atoms with Gasteiger partial charge >= 0.3 is 0 Å². The van der Waals surface area contributed by atoms with Crippen LogP contribution in [0.5, 0.6) is 0 Å². The van der Waals surface area contributed by atoms with E-state index in [0.29, 0.717) is 6.04 Å². The van der Waals surface area contributed by atoms with Gasteiger partial charge in [0.25, 0.3) is 0 Å². The second-order valence-electron chi connectivity index (χ2n) is 5.84. The number of hydrogen-bond acceptors (Lipinski definition) is 6. The minimum Gasteiger partial charge on any atom is -0.314 e. The average Bonchev–Trinajstić information content (AvgIpc) is 3.12. The van der Waals surface area contributed by atoms with E-state index in [-0.39, 0.29) is 12.4 Å². The van der Waals surface area contributed by atoms with Crippen molar-refractivity contribution in [3.63, 3.8) is 0 Å². The van der Waals surface area contributed by atoms with Crippen molar-refractivity contribution in [2.45, 2.75) is 12.6 Å². The number of piperazine rings is 1. The molecule has 1 saturated heterocycles. The first-order chi connectivity index (χ1) is 11.9. The van der Waals surface area contributed by atoms with Crippen molar-refractivity contribution in [2.24, 2.45) is 0 Å². The Balaban J connectivity index is 0.00000182. The number of rotatable bonds is 4. The normalized spacial score (nSPS) is 17.8. The highest BCUT2D eigenvalue weighted by Gasteiger charge is 2.24. The van der Waals surface area contributed by atoms with E-state index in [4.69, 9.17) is 0 Å². The molecular weight excluding hydrogens is 354 g/mol. The third-order valence-corrected chi connectivity index (χ3v) is 5.29. The van der Waals surface area contributed by atoms with Gasteiger partial charge in [0.2, 0.25) is 0 Å². The summed E-state index contributed by atoms with van der Waals surface area (Å²) in [6, 6.07) is 8.54. The highest BCUT2D eigenvalue weighted by atomic mass is 35.5. The Kier molecular flexibility index (Phi) is 6.09. The van der Waals surface area contributed by atoms with E-state index in [1.54, 1.807) is 11.3 Å². The van der Waals surface area contributed by atoms with E-state index in [2.05, 4.69) is 31.2 Å². The molecule has 1 N–H and O–H groups in total. The molecule has 4 rings (SSSR count). The number of pyridine rings is 2. The molecule has 1 unspecified atom stereocenters. The van der Waals surface area contributed by atoms with Gasteiger partial charge < -0.3 is 5.32 Å². The van der Waals surface area contributed by atoms with Crippen LogP contribution in [0.25, 0.3) is 10.6 Å². The molecule has 0 bridgehead atoms. The summed E-state index contributed by atoms with van der Waals surface area (Å²) in [5.74, 6) is 0. The zero-order valence-electron chi connectivity index (χ0n) is 13.7. The van der Waals surface area contributed by atoms with Crippen LogP contribution in [0.15, 0.2) is 55.2 Å². The van der Waals surface area contributed by atoms with E-state index in [0.717, 1.165) is 36.8 Å². The lowest BCUT2D eigenvalue weighted by Crippen LogP contribution is -2.45. The molecule has 1 atom stereocenters. The maximum Gasteiger partial charge on any atom is 0.123 e. The number of thiazole rings is 1. The second-order valence-corrected chi connectivity index (χ2v) is 6.96. The number of aromatic nitrogens is 3. The maximum absolute atomic E-state index is 4.59. The molecule has 0 spiro atoms. The molecule has 3 aromatic heterocycles. The summed E-state index contributed by atoms with van der Waals surface area (Å²) >= 11 is 1.76. The summed E-state index contributed by atoms with van der Waals surface area (Å²) < 4.78 is 0. The van der Waals surface area contributed by atoms with Crippen LogP contribution in [0, 0.1) is 0 Å².